The molecule has 6 heteroatoms. The standard InChI is InChI=1S/C15H25N3O3/c1-4-17(5-2)15(21)12-7-6-8-18(12)14(20)11-9-13(19)16(3)10-11/h11-12H,4-10H2,1-3H3. The summed E-state index contributed by atoms with van der Waals surface area (Å²) in [6.07, 6.45) is 1.87. The minimum Gasteiger partial charge on any atom is -0.345 e. The van der Waals surface area contributed by atoms with Crippen LogP contribution in [0, 0.1) is 5.92 Å². The molecular formula is C15H25N3O3. The van der Waals surface area contributed by atoms with E-state index >= 15 is 0 Å². The van der Waals surface area contributed by atoms with E-state index in [0.717, 1.165) is 12.8 Å². The molecule has 3 amide bonds. The van der Waals surface area contributed by atoms with Crippen molar-refractivity contribution in [2.45, 2.75) is 39.2 Å². The zero-order valence-electron chi connectivity index (χ0n) is 13.2. The third-order valence-corrected chi connectivity index (χ3v) is 4.59. The molecule has 0 aliphatic carbocycles. The number of hydrogen-bond donors (Lipinski definition) is 0. The van der Waals surface area contributed by atoms with Gasteiger partial charge in [-0.05, 0) is 26.7 Å². The van der Waals surface area contributed by atoms with Crippen molar-refractivity contribution in [3.63, 3.8) is 0 Å². The van der Waals surface area contributed by atoms with Gasteiger partial charge in [-0.15, -0.1) is 0 Å². The molecule has 2 aliphatic heterocycles. The van der Waals surface area contributed by atoms with Crippen LogP contribution in [0.15, 0.2) is 0 Å². The second kappa shape index (κ2) is 6.45. The van der Waals surface area contributed by atoms with E-state index in [1.54, 1.807) is 21.7 Å². The normalized spacial score (nSPS) is 25.6. The maximum Gasteiger partial charge on any atom is 0.245 e. The summed E-state index contributed by atoms with van der Waals surface area (Å²) in [5, 5.41) is 0. The van der Waals surface area contributed by atoms with Gasteiger partial charge < -0.3 is 14.7 Å². The van der Waals surface area contributed by atoms with Gasteiger partial charge in [0.2, 0.25) is 17.7 Å². The average molecular weight is 295 g/mol. The summed E-state index contributed by atoms with van der Waals surface area (Å²) in [5.41, 5.74) is 0. The highest BCUT2D eigenvalue weighted by Gasteiger charge is 2.41. The largest absolute Gasteiger partial charge is 0.345 e. The molecule has 0 aromatic heterocycles. The van der Waals surface area contributed by atoms with Gasteiger partial charge in [-0.2, -0.15) is 0 Å². The lowest BCUT2D eigenvalue weighted by atomic mass is 10.1. The summed E-state index contributed by atoms with van der Waals surface area (Å²) >= 11 is 0. The Kier molecular flexibility index (Phi) is 4.85. The molecule has 0 aromatic rings. The number of nitrogens with zero attached hydrogens (tertiary/aromatic N) is 3. The van der Waals surface area contributed by atoms with E-state index in [2.05, 4.69) is 0 Å². The Morgan fingerprint density at radius 3 is 2.48 bits per heavy atom. The van der Waals surface area contributed by atoms with Crippen LogP contribution in [0.1, 0.15) is 33.1 Å². The van der Waals surface area contributed by atoms with Gasteiger partial charge in [0.15, 0.2) is 0 Å². The van der Waals surface area contributed by atoms with Crippen molar-refractivity contribution < 1.29 is 14.4 Å². The molecule has 2 aliphatic rings. The van der Waals surface area contributed by atoms with Gasteiger partial charge in [-0.25, -0.2) is 0 Å². The van der Waals surface area contributed by atoms with Gasteiger partial charge >= 0.3 is 0 Å². The van der Waals surface area contributed by atoms with Crippen molar-refractivity contribution in [1.82, 2.24) is 14.7 Å². The third kappa shape index (κ3) is 3.04. The van der Waals surface area contributed by atoms with Gasteiger partial charge in [-0.1, -0.05) is 0 Å². The maximum absolute atomic E-state index is 12.6. The van der Waals surface area contributed by atoms with Crippen molar-refractivity contribution in [2.75, 3.05) is 33.2 Å². The predicted molar refractivity (Wildman–Crippen MR) is 78.4 cm³/mol. The number of rotatable bonds is 4. The van der Waals surface area contributed by atoms with Crippen molar-refractivity contribution >= 4 is 17.7 Å². The molecule has 2 heterocycles. The first-order valence-corrected chi connectivity index (χ1v) is 7.82. The van der Waals surface area contributed by atoms with Crippen LogP contribution in [0.5, 0.6) is 0 Å². The van der Waals surface area contributed by atoms with Crippen LogP contribution in [-0.2, 0) is 14.4 Å². The average Bonchev–Trinajstić information content (AvgIpc) is 3.07. The van der Waals surface area contributed by atoms with E-state index in [1.807, 2.05) is 13.8 Å². The Hall–Kier alpha value is -1.59. The monoisotopic (exact) mass is 295 g/mol. The molecule has 2 rings (SSSR count). The predicted octanol–water partition coefficient (Wildman–Crippen LogP) is 0.324. The lowest BCUT2D eigenvalue weighted by molar-refractivity contribution is -0.145. The SMILES string of the molecule is CCN(CC)C(=O)C1CCCN1C(=O)C1CC(=O)N(C)C1. The van der Waals surface area contributed by atoms with Gasteiger partial charge in [0, 0.05) is 39.6 Å². The minimum atomic E-state index is -0.335. The highest BCUT2D eigenvalue weighted by molar-refractivity contribution is 5.93. The molecule has 21 heavy (non-hydrogen) atoms. The molecule has 0 saturated carbocycles. The topological polar surface area (TPSA) is 60.9 Å². The summed E-state index contributed by atoms with van der Waals surface area (Å²) in [4.78, 5) is 41.8. The zero-order valence-corrected chi connectivity index (χ0v) is 13.2. The van der Waals surface area contributed by atoms with E-state index in [9.17, 15) is 14.4 Å². The molecule has 2 fully saturated rings. The van der Waals surface area contributed by atoms with Crippen molar-refractivity contribution in [2.24, 2.45) is 5.92 Å². The number of amides is 3. The Morgan fingerprint density at radius 1 is 1.29 bits per heavy atom. The highest BCUT2D eigenvalue weighted by Crippen LogP contribution is 2.25. The van der Waals surface area contributed by atoms with Gasteiger partial charge in [0.25, 0.3) is 0 Å². The Balaban J connectivity index is 2.06. The molecule has 0 spiro atoms. The fourth-order valence-corrected chi connectivity index (χ4v) is 3.30. The minimum absolute atomic E-state index is 0.0131. The van der Waals surface area contributed by atoms with Gasteiger partial charge in [0.05, 0.1) is 5.92 Å². The number of likely N-dealkylation sites (N-methyl/N-ethyl adjacent to an activating group) is 1. The number of hydrogen-bond acceptors (Lipinski definition) is 3. The van der Waals surface area contributed by atoms with E-state index in [4.69, 9.17) is 0 Å². The molecule has 2 atom stereocenters. The lowest BCUT2D eigenvalue weighted by Crippen LogP contribution is -2.49. The number of likely N-dealkylation sites (tertiary alicyclic amines) is 2. The van der Waals surface area contributed by atoms with E-state index in [-0.39, 0.29) is 36.1 Å². The second-order valence-corrected chi connectivity index (χ2v) is 5.88. The van der Waals surface area contributed by atoms with Crippen molar-refractivity contribution in [3.8, 4) is 0 Å². The van der Waals surface area contributed by atoms with E-state index in [0.29, 0.717) is 26.2 Å². The summed E-state index contributed by atoms with van der Waals surface area (Å²) in [6, 6.07) is -0.335. The summed E-state index contributed by atoms with van der Waals surface area (Å²) in [7, 11) is 1.72. The summed E-state index contributed by atoms with van der Waals surface area (Å²) < 4.78 is 0. The molecule has 118 valence electrons. The van der Waals surface area contributed by atoms with Crippen molar-refractivity contribution in [1.29, 1.82) is 0 Å². The van der Waals surface area contributed by atoms with Crippen LogP contribution >= 0.6 is 0 Å². The lowest BCUT2D eigenvalue weighted by Gasteiger charge is -2.30. The first kappa shape index (κ1) is 15.8. The molecule has 6 nitrogen and oxygen atoms in total. The highest BCUT2D eigenvalue weighted by atomic mass is 16.2. The summed E-state index contributed by atoms with van der Waals surface area (Å²) in [6.45, 7) is 6.34. The van der Waals surface area contributed by atoms with Crippen LogP contribution in [0.4, 0.5) is 0 Å². The molecule has 0 N–H and O–H groups in total. The van der Waals surface area contributed by atoms with Gasteiger partial charge in [0.1, 0.15) is 6.04 Å². The van der Waals surface area contributed by atoms with Crippen LogP contribution in [0.3, 0.4) is 0 Å². The van der Waals surface area contributed by atoms with Crippen LogP contribution in [0.2, 0.25) is 0 Å². The number of carbonyl (C=O) groups excluding carboxylic acids is 3. The van der Waals surface area contributed by atoms with Crippen molar-refractivity contribution in [3.05, 3.63) is 0 Å². The maximum atomic E-state index is 12.6. The Labute approximate surface area is 126 Å². The van der Waals surface area contributed by atoms with E-state index < -0.39 is 0 Å². The first-order chi connectivity index (χ1) is 9.99. The van der Waals surface area contributed by atoms with Gasteiger partial charge in [-0.3, -0.25) is 14.4 Å². The summed E-state index contributed by atoms with van der Waals surface area (Å²) in [5.74, 6) is -0.258. The Bertz CT molecular complexity index is 434. The molecule has 2 unspecified atom stereocenters. The van der Waals surface area contributed by atoms with E-state index in [1.165, 1.54) is 0 Å². The van der Waals surface area contributed by atoms with Crippen LogP contribution in [-0.4, -0.2) is 71.7 Å². The first-order valence-electron chi connectivity index (χ1n) is 7.82. The molecular weight excluding hydrogens is 270 g/mol. The smallest absolute Gasteiger partial charge is 0.245 e. The quantitative estimate of drug-likeness (QED) is 0.750. The molecule has 2 saturated heterocycles. The van der Waals surface area contributed by atoms with Crippen LogP contribution < -0.4 is 0 Å². The molecule has 0 bridgehead atoms. The molecule has 0 radical (unpaired) electrons. The second-order valence-electron chi connectivity index (χ2n) is 5.88. The zero-order chi connectivity index (χ0) is 15.6. The fraction of sp³-hybridized carbons (Fsp3) is 0.800. The fourth-order valence-electron chi connectivity index (χ4n) is 3.30. The third-order valence-electron chi connectivity index (χ3n) is 4.59. The number of carbonyl (C=O) groups is 3. The molecule has 0 aromatic carbocycles. The van der Waals surface area contributed by atoms with Crippen LogP contribution in [0.25, 0.3) is 0 Å². The Morgan fingerprint density at radius 2 is 1.95 bits per heavy atom.